The minimum Gasteiger partial charge on any atom is -0.543 e. The molecule has 0 saturated carbocycles. The van der Waals surface area contributed by atoms with Crippen LogP contribution in [0, 0.1) is 5.92 Å². The summed E-state index contributed by atoms with van der Waals surface area (Å²) in [6.45, 7) is 5.22. The Balaban J connectivity index is 0.00000261. The van der Waals surface area contributed by atoms with Crippen LogP contribution in [0.1, 0.15) is 43.1 Å². The van der Waals surface area contributed by atoms with Gasteiger partial charge in [0.05, 0.1) is 29.7 Å². The Bertz CT molecular complexity index is 818. The Morgan fingerprint density at radius 1 is 1.30 bits per heavy atom. The van der Waals surface area contributed by atoms with Crippen LogP contribution in [0.15, 0.2) is 30.0 Å². The van der Waals surface area contributed by atoms with Crippen molar-refractivity contribution in [3.05, 3.63) is 41.1 Å². The van der Waals surface area contributed by atoms with Crippen molar-refractivity contribution in [2.75, 3.05) is 0 Å². The van der Waals surface area contributed by atoms with E-state index in [2.05, 4.69) is 5.32 Å². The van der Waals surface area contributed by atoms with Crippen molar-refractivity contribution < 1.29 is 54.2 Å². The summed E-state index contributed by atoms with van der Waals surface area (Å²) in [5, 5.41) is 24.2. The largest absolute Gasteiger partial charge is 1.00 e. The fraction of sp³-hybridized carbons (Fsp3) is 0.421. The Morgan fingerprint density at radius 2 is 1.96 bits per heavy atom. The number of hydrogen-bond donors (Lipinski definition) is 2. The molecule has 3 rings (SSSR count). The van der Waals surface area contributed by atoms with Gasteiger partial charge in [-0.15, -0.1) is 0 Å². The van der Waals surface area contributed by atoms with Crippen LogP contribution < -0.4 is 40.0 Å². The molecule has 1 aromatic carbocycles. The van der Waals surface area contributed by atoms with E-state index in [9.17, 15) is 24.6 Å². The number of hydrogen-bond acceptors (Lipinski definition) is 5. The first-order valence-electron chi connectivity index (χ1n) is 8.59. The molecule has 0 bridgehead atoms. The first kappa shape index (κ1) is 21.6. The average molecular weight is 380 g/mol. The van der Waals surface area contributed by atoms with Crippen LogP contribution in [0.4, 0.5) is 0 Å². The maximum Gasteiger partial charge on any atom is 1.00 e. The molecule has 2 aliphatic heterocycles. The summed E-state index contributed by atoms with van der Waals surface area (Å²) in [4.78, 5) is 37.3. The molecule has 0 spiro atoms. The van der Waals surface area contributed by atoms with Gasteiger partial charge in [-0.25, -0.2) is 0 Å². The number of carbonyl (C=O) groups excluding carboxylic acids is 3. The maximum absolute atomic E-state index is 12.2. The molecule has 2 N–H and O–H groups in total. The number of rotatable bonds is 5. The molecular weight excluding hydrogens is 359 g/mol. The standard InChI is InChI=1S/C19H22N2O5.Na/c1-9(2)20-17(23)12-6-4-5-11(7-12)13-8-14-15(10(3)22)18(24)21(14)16(13)19(25)26;/h4-7,9-10,14-15,22H,8H2,1-3H3,(H,20,23)(H,25,26);/q;+1/p-1/t10-,14-,15-;/m1./s1. The second kappa shape index (κ2) is 8.14. The number of nitrogens with one attached hydrogen (secondary N) is 1. The fourth-order valence-electron chi connectivity index (χ4n) is 3.71. The van der Waals surface area contributed by atoms with E-state index in [1.54, 1.807) is 24.3 Å². The number of carboxylic acid groups (broad SMARTS) is 1. The molecule has 138 valence electrons. The predicted molar refractivity (Wildman–Crippen MR) is 91.4 cm³/mol. The van der Waals surface area contributed by atoms with Crippen molar-refractivity contribution in [3.8, 4) is 0 Å². The van der Waals surface area contributed by atoms with Gasteiger partial charge in [0.1, 0.15) is 0 Å². The van der Waals surface area contributed by atoms with Crippen LogP contribution in [-0.4, -0.2) is 46.0 Å². The number of carbonyl (C=O) groups is 3. The average Bonchev–Trinajstić information content (AvgIpc) is 2.89. The Kier molecular flexibility index (Phi) is 6.52. The van der Waals surface area contributed by atoms with Crippen LogP contribution >= 0.6 is 0 Å². The summed E-state index contributed by atoms with van der Waals surface area (Å²) in [6.07, 6.45) is -0.547. The first-order chi connectivity index (χ1) is 12.2. The van der Waals surface area contributed by atoms with E-state index in [-0.39, 0.29) is 47.2 Å². The minimum atomic E-state index is -1.43. The van der Waals surface area contributed by atoms with Crippen molar-refractivity contribution in [1.29, 1.82) is 0 Å². The van der Waals surface area contributed by atoms with Crippen LogP contribution in [-0.2, 0) is 9.59 Å². The number of aliphatic hydroxyl groups is 1. The molecular formula is C19H21N2NaO5. The molecule has 7 nitrogen and oxygen atoms in total. The summed E-state index contributed by atoms with van der Waals surface area (Å²) in [6, 6.07) is 6.23. The molecule has 0 unspecified atom stereocenters. The Morgan fingerprint density at radius 3 is 2.52 bits per heavy atom. The van der Waals surface area contributed by atoms with Gasteiger partial charge in [-0.1, -0.05) is 12.1 Å². The smallest absolute Gasteiger partial charge is 0.543 e. The SMILES string of the molecule is CC(C)NC(=O)c1cccc(C2=C(C(=O)[O-])N3C(=O)[C@H]([C@@H](C)O)[C@H]3C2)c1.[Na+]. The summed E-state index contributed by atoms with van der Waals surface area (Å²) < 4.78 is 0. The van der Waals surface area contributed by atoms with Crippen molar-refractivity contribution >= 4 is 23.4 Å². The number of aliphatic hydroxyl groups excluding tert-OH is 1. The van der Waals surface area contributed by atoms with Crippen LogP contribution in [0.2, 0.25) is 0 Å². The van der Waals surface area contributed by atoms with Gasteiger partial charge in [0.2, 0.25) is 5.91 Å². The monoisotopic (exact) mass is 380 g/mol. The molecule has 0 aliphatic carbocycles. The summed E-state index contributed by atoms with van der Waals surface area (Å²) >= 11 is 0. The van der Waals surface area contributed by atoms with Crippen molar-refractivity contribution in [2.24, 2.45) is 5.92 Å². The Labute approximate surface area is 179 Å². The van der Waals surface area contributed by atoms with Crippen molar-refractivity contribution in [3.63, 3.8) is 0 Å². The number of amides is 2. The summed E-state index contributed by atoms with van der Waals surface area (Å²) in [5.74, 6) is -2.71. The molecule has 2 heterocycles. The van der Waals surface area contributed by atoms with Gasteiger partial charge < -0.3 is 25.2 Å². The number of nitrogens with zero attached hydrogens (tertiary/aromatic N) is 1. The van der Waals surface area contributed by atoms with Gasteiger partial charge in [-0.2, -0.15) is 0 Å². The molecule has 0 radical (unpaired) electrons. The Hall–Kier alpha value is -1.67. The summed E-state index contributed by atoms with van der Waals surface area (Å²) in [7, 11) is 0. The zero-order chi connectivity index (χ0) is 19.2. The van der Waals surface area contributed by atoms with Crippen LogP contribution in [0.5, 0.6) is 0 Å². The third kappa shape index (κ3) is 3.82. The van der Waals surface area contributed by atoms with Gasteiger partial charge in [0.15, 0.2) is 0 Å². The quantitative estimate of drug-likeness (QED) is 0.416. The van der Waals surface area contributed by atoms with Gasteiger partial charge in [0, 0.05) is 11.6 Å². The summed E-state index contributed by atoms with van der Waals surface area (Å²) in [5.41, 5.74) is 1.25. The number of benzene rings is 1. The fourth-order valence-corrected chi connectivity index (χ4v) is 3.71. The molecule has 1 saturated heterocycles. The molecule has 2 aliphatic rings. The van der Waals surface area contributed by atoms with E-state index < -0.39 is 29.9 Å². The molecule has 1 fully saturated rings. The molecule has 2 amide bonds. The van der Waals surface area contributed by atoms with E-state index in [1.165, 1.54) is 11.8 Å². The van der Waals surface area contributed by atoms with E-state index in [4.69, 9.17) is 0 Å². The maximum atomic E-state index is 12.2. The van der Waals surface area contributed by atoms with Crippen molar-refractivity contribution in [2.45, 2.75) is 45.4 Å². The molecule has 8 heteroatoms. The van der Waals surface area contributed by atoms with Gasteiger partial charge in [-0.05, 0) is 50.5 Å². The number of carboxylic acids is 1. The van der Waals surface area contributed by atoms with Crippen LogP contribution in [0.3, 0.4) is 0 Å². The third-order valence-electron chi connectivity index (χ3n) is 4.81. The van der Waals surface area contributed by atoms with Gasteiger partial charge >= 0.3 is 29.6 Å². The van der Waals surface area contributed by atoms with E-state index in [1.807, 2.05) is 13.8 Å². The third-order valence-corrected chi connectivity index (χ3v) is 4.81. The predicted octanol–water partition coefficient (Wildman–Crippen LogP) is -3.10. The van der Waals surface area contributed by atoms with E-state index in [0.29, 0.717) is 23.1 Å². The zero-order valence-electron chi connectivity index (χ0n) is 15.9. The van der Waals surface area contributed by atoms with Crippen LogP contribution in [0.25, 0.3) is 5.57 Å². The molecule has 27 heavy (non-hydrogen) atoms. The van der Waals surface area contributed by atoms with E-state index >= 15 is 0 Å². The number of aliphatic carboxylic acids is 1. The minimum absolute atomic E-state index is 0. The second-order valence-corrected chi connectivity index (χ2v) is 7.07. The molecule has 3 atom stereocenters. The van der Waals surface area contributed by atoms with Gasteiger partial charge in [0.25, 0.3) is 5.91 Å². The van der Waals surface area contributed by atoms with E-state index in [0.717, 1.165) is 0 Å². The zero-order valence-corrected chi connectivity index (χ0v) is 17.9. The number of fused-ring (bicyclic) bond motifs is 1. The first-order valence-corrected chi connectivity index (χ1v) is 8.59. The topological polar surface area (TPSA) is 110 Å². The normalized spacial score (nSPS) is 22.1. The molecule has 1 aromatic rings. The number of β-lactam (4-membered cyclic amide) rings is 1. The molecule has 0 aromatic heterocycles. The van der Waals surface area contributed by atoms with Gasteiger partial charge in [-0.3, -0.25) is 9.59 Å². The second-order valence-electron chi connectivity index (χ2n) is 7.07. The van der Waals surface area contributed by atoms with Crippen molar-refractivity contribution in [1.82, 2.24) is 10.2 Å².